The molecule has 4 nitrogen and oxygen atoms in total. The van der Waals surface area contributed by atoms with Crippen LogP contribution in [0.25, 0.3) is 0 Å². The van der Waals surface area contributed by atoms with Crippen LogP contribution in [0.3, 0.4) is 0 Å². The highest BCUT2D eigenvalue weighted by Crippen LogP contribution is 2.36. The van der Waals surface area contributed by atoms with Gasteiger partial charge in [0.05, 0.1) is 6.04 Å². The maximum Gasteiger partial charge on any atom is 0.223 e. The lowest BCUT2D eigenvalue weighted by atomic mass is 9.86. The second-order valence-corrected chi connectivity index (χ2v) is 8.30. The Bertz CT molecular complexity index is 785. The Morgan fingerprint density at radius 2 is 1.93 bits per heavy atom. The fourth-order valence-corrected chi connectivity index (χ4v) is 4.79. The first kappa shape index (κ1) is 19.0. The summed E-state index contributed by atoms with van der Waals surface area (Å²) in [6.45, 7) is 0.899. The van der Waals surface area contributed by atoms with Gasteiger partial charge < -0.3 is 9.80 Å². The third-order valence-electron chi connectivity index (χ3n) is 6.40. The molecule has 1 atom stereocenters. The predicted octanol–water partition coefficient (Wildman–Crippen LogP) is 5.48. The summed E-state index contributed by atoms with van der Waals surface area (Å²) >= 11 is 0. The summed E-state index contributed by atoms with van der Waals surface area (Å²) in [6.07, 6.45) is 11.1. The molecule has 0 unspecified atom stereocenters. The summed E-state index contributed by atoms with van der Waals surface area (Å²) in [6, 6.07) is 14.8. The van der Waals surface area contributed by atoms with Gasteiger partial charge in [0.1, 0.15) is 5.82 Å². The zero-order valence-corrected chi connectivity index (χ0v) is 16.9. The molecule has 2 heterocycles. The molecule has 148 valence electrons. The maximum absolute atomic E-state index is 13.0. The Hall–Kier alpha value is -2.36. The van der Waals surface area contributed by atoms with Crippen molar-refractivity contribution in [3.8, 4) is 0 Å². The number of amides is 1. The first-order chi connectivity index (χ1) is 13.7. The highest BCUT2D eigenvalue weighted by molar-refractivity contribution is 5.77. The number of pyridine rings is 1. The predicted molar refractivity (Wildman–Crippen MR) is 114 cm³/mol. The summed E-state index contributed by atoms with van der Waals surface area (Å²) in [5, 5.41) is 0. The van der Waals surface area contributed by atoms with E-state index in [1.165, 1.54) is 37.7 Å². The van der Waals surface area contributed by atoms with Gasteiger partial charge >= 0.3 is 0 Å². The number of carbonyl (C=O) groups is 1. The number of hydrogen-bond donors (Lipinski definition) is 0. The average molecular weight is 378 g/mol. The van der Waals surface area contributed by atoms with Crippen molar-refractivity contribution in [2.24, 2.45) is 5.92 Å². The number of hydrogen-bond acceptors (Lipinski definition) is 3. The Kier molecular flexibility index (Phi) is 5.94. The maximum atomic E-state index is 13.0. The fraction of sp³-hybridized carbons (Fsp3) is 0.500. The van der Waals surface area contributed by atoms with Crippen LogP contribution < -0.4 is 4.90 Å². The van der Waals surface area contributed by atoms with E-state index in [1.54, 1.807) is 0 Å². The highest BCUT2D eigenvalue weighted by atomic mass is 16.2. The summed E-state index contributed by atoms with van der Waals surface area (Å²) < 4.78 is 0. The normalized spacial score (nSPS) is 20.3. The Morgan fingerprint density at radius 1 is 1.07 bits per heavy atom. The monoisotopic (exact) mass is 377 g/mol. The van der Waals surface area contributed by atoms with Crippen LogP contribution in [-0.4, -0.2) is 29.4 Å². The van der Waals surface area contributed by atoms with E-state index in [0.29, 0.717) is 11.8 Å². The van der Waals surface area contributed by atoms with Crippen LogP contribution >= 0.6 is 0 Å². The zero-order valence-electron chi connectivity index (χ0n) is 16.9. The van der Waals surface area contributed by atoms with Crippen LogP contribution in [-0.2, 0) is 4.79 Å². The third-order valence-corrected chi connectivity index (χ3v) is 6.40. The standard InChI is InChI=1S/C24H31N3O/c1-26(23-14-5-6-15-25-23)21-12-7-11-20(18-21)22-13-8-16-27(22)24(28)17-19-9-3-2-4-10-19/h5-7,11-12,14-15,18-19,22H,2-4,8-10,13,16-17H2,1H3/t22-/m0/s1. The number of aromatic nitrogens is 1. The van der Waals surface area contributed by atoms with E-state index in [4.69, 9.17) is 0 Å². The molecule has 28 heavy (non-hydrogen) atoms. The minimum Gasteiger partial charge on any atom is -0.336 e. The number of carbonyl (C=O) groups excluding carboxylic acids is 1. The van der Waals surface area contributed by atoms with E-state index < -0.39 is 0 Å². The molecule has 0 spiro atoms. The van der Waals surface area contributed by atoms with Crippen LogP contribution in [0.2, 0.25) is 0 Å². The molecule has 1 aliphatic heterocycles. The van der Waals surface area contributed by atoms with Gasteiger partial charge in [0, 0.05) is 31.9 Å². The van der Waals surface area contributed by atoms with E-state index >= 15 is 0 Å². The first-order valence-corrected chi connectivity index (χ1v) is 10.8. The average Bonchev–Trinajstić information content (AvgIpc) is 3.25. The molecule has 1 aromatic heterocycles. The largest absolute Gasteiger partial charge is 0.336 e. The number of likely N-dealkylation sites (tertiary alicyclic amines) is 1. The SMILES string of the molecule is CN(c1cccc([C@@H]2CCCN2C(=O)CC2CCCCC2)c1)c1ccccn1. The topological polar surface area (TPSA) is 36.4 Å². The van der Waals surface area contributed by atoms with Gasteiger partial charge in [0.15, 0.2) is 0 Å². The van der Waals surface area contributed by atoms with Gasteiger partial charge in [0.25, 0.3) is 0 Å². The minimum absolute atomic E-state index is 0.216. The molecule has 4 rings (SSSR count). The second-order valence-electron chi connectivity index (χ2n) is 8.30. The molecule has 2 fully saturated rings. The minimum atomic E-state index is 0.216. The highest BCUT2D eigenvalue weighted by Gasteiger charge is 2.31. The quantitative estimate of drug-likeness (QED) is 0.692. The van der Waals surface area contributed by atoms with Gasteiger partial charge in [-0.05, 0) is 61.4 Å². The number of benzene rings is 1. The van der Waals surface area contributed by atoms with Crippen molar-refractivity contribution < 1.29 is 4.79 Å². The van der Waals surface area contributed by atoms with Crippen molar-refractivity contribution in [2.75, 3.05) is 18.5 Å². The third kappa shape index (κ3) is 4.21. The molecule has 1 aliphatic carbocycles. The van der Waals surface area contributed by atoms with Gasteiger partial charge in [-0.15, -0.1) is 0 Å². The molecular formula is C24H31N3O. The molecule has 1 amide bonds. The Labute approximate surface area is 168 Å². The smallest absolute Gasteiger partial charge is 0.223 e. The van der Waals surface area contributed by atoms with Crippen molar-refractivity contribution in [1.82, 2.24) is 9.88 Å². The first-order valence-electron chi connectivity index (χ1n) is 10.8. The van der Waals surface area contributed by atoms with Gasteiger partial charge in [-0.1, -0.05) is 37.5 Å². The van der Waals surface area contributed by atoms with Crippen molar-refractivity contribution in [1.29, 1.82) is 0 Å². The van der Waals surface area contributed by atoms with Crippen molar-refractivity contribution >= 4 is 17.4 Å². The molecule has 2 aromatic rings. The number of nitrogens with zero attached hydrogens (tertiary/aromatic N) is 3. The molecule has 1 aromatic carbocycles. The lowest BCUT2D eigenvalue weighted by molar-refractivity contribution is -0.133. The molecule has 4 heteroatoms. The second kappa shape index (κ2) is 8.76. The molecule has 0 bridgehead atoms. The van der Waals surface area contributed by atoms with E-state index in [-0.39, 0.29) is 6.04 Å². The van der Waals surface area contributed by atoms with Crippen molar-refractivity contribution in [3.05, 3.63) is 54.2 Å². The summed E-state index contributed by atoms with van der Waals surface area (Å²) in [7, 11) is 2.04. The molecule has 1 saturated heterocycles. The molecule has 0 N–H and O–H groups in total. The van der Waals surface area contributed by atoms with Crippen LogP contribution in [0.4, 0.5) is 11.5 Å². The van der Waals surface area contributed by atoms with Gasteiger partial charge in [-0.2, -0.15) is 0 Å². The Morgan fingerprint density at radius 3 is 2.71 bits per heavy atom. The van der Waals surface area contributed by atoms with Crippen LogP contribution in [0, 0.1) is 5.92 Å². The van der Waals surface area contributed by atoms with Crippen molar-refractivity contribution in [3.63, 3.8) is 0 Å². The molecule has 2 aliphatic rings. The van der Waals surface area contributed by atoms with Crippen LogP contribution in [0.15, 0.2) is 48.7 Å². The summed E-state index contributed by atoms with van der Waals surface area (Å²) in [5.74, 6) is 1.89. The van der Waals surface area contributed by atoms with Gasteiger partial charge in [-0.25, -0.2) is 4.98 Å². The van der Waals surface area contributed by atoms with E-state index in [1.807, 2.05) is 31.4 Å². The van der Waals surface area contributed by atoms with Crippen LogP contribution in [0.1, 0.15) is 63.0 Å². The van der Waals surface area contributed by atoms with Crippen LogP contribution in [0.5, 0.6) is 0 Å². The lowest BCUT2D eigenvalue weighted by Crippen LogP contribution is -2.32. The number of rotatable bonds is 5. The van der Waals surface area contributed by atoms with Gasteiger partial charge in [0.2, 0.25) is 5.91 Å². The number of anilines is 2. The molecular weight excluding hydrogens is 346 g/mol. The summed E-state index contributed by atoms with van der Waals surface area (Å²) in [5.41, 5.74) is 2.36. The summed E-state index contributed by atoms with van der Waals surface area (Å²) in [4.78, 5) is 21.7. The fourth-order valence-electron chi connectivity index (χ4n) is 4.79. The lowest BCUT2D eigenvalue weighted by Gasteiger charge is -2.29. The Balaban J connectivity index is 1.49. The molecule has 0 radical (unpaired) electrons. The van der Waals surface area contributed by atoms with Gasteiger partial charge in [-0.3, -0.25) is 4.79 Å². The van der Waals surface area contributed by atoms with E-state index in [0.717, 1.165) is 37.3 Å². The zero-order chi connectivity index (χ0) is 19.3. The van der Waals surface area contributed by atoms with E-state index in [2.05, 4.69) is 39.0 Å². The molecule has 1 saturated carbocycles. The van der Waals surface area contributed by atoms with E-state index in [9.17, 15) is 4.79 Å². The van der Waals surface area contributed by atoms with Crippen molar-refractivity contribution in [2.45, 2.75) is 57.4 Å².